The van der Waals surface area contributed by atoms with E-state index in [0.29, 0.717) is 16.5 Å². The Hall–Kier alpha value is -4.47. The number of nitrogens with one attached hydrogen (secondary N) is 2. The van der Waals surface area contributed by atoms with Crippen molar-refractivity contribution >= 4 is 27.8 Å². The summed E-state index contributed by atoms with van der Waals surface area (Å²) in [5, 5.41) is 3.29. The molecule has 176 valence electrons. The Balaban J connectivity index is 1.47. The lowest BCUT2D eigenvalue weighted by atomic mass is 9.98. The van der Waals surface area contributed by atoms with Gasteiger partial charge in [0, 0.05) is 0 Å². The Morgan fingerprint density at radius 1 is 0.971 bits per heavy atom. The van der Waals surface area contributed by atoms with Crippen LogP contribution < -0.4 is 10.9 Å². The number of rotatable bonds is 5. The smallest absolute Gasteiger partial charge is 0.344 e. The number of para-hydroxylation sites is 1. The normalized spacial score (nSPS) is 12.7. The lowest BCUT2D eigenvalue weighted by molar-refractivity contribution is -0.144. The van der Waals surface area contributed by atoms with Crippen molar-refractivity contribution in [1.29, 1.82) is 0 Å². The van der Waals surface area contributed by atoms with E-state index in [4.69, 9.17) is 0 Å². The van der Waals surface area contributed by atoms with Crippen molar-refractivity contribution in [2.24, 2.45) is 0 Å². The summed E-state index contributed by atoms with van der Waals surface area (Å²) in [6.45, 7) is -0.273. The number of hydrogen-bond donors (Lipinski definition) is 2. The van der Waals surface area contributed by atoms with Gasteiger partial charge in [-0.3, -0.25) is 14.2 Å². The fraction of sp³-hybridized carbons (Fsp3) is 0.120. The molecule has 2 aromatic heterocycles. The summed E-state index contributed by atoms with van der Waals surface area (Å²) >= 11 is 0. The van der Waals surface area contributed by atoms with Gasteiger partial charge in [-0.1, -0.05) is 48.5 Å². The molecule has 0 fully saturated rings. The van der Waals surface area contributed by atoms with E-state index in [9.17, 15) is 22.8 Å². The first kappa shape index (κ1) is 22.3. The number of hydrogen-bond acceptors (Lipinski definition) is 4. The summed E-state index contributed by atoms with van der Waals surface area (Å²) in [4.78, 5) is 35.9. The maximum atomic E-state index is 13.1. The summed E-state index contributed by atoms with van der Waals surface area (Å²) in [5.41, 5.74) is 1.81. The Labute approximate surface area is 196 Å². The second-order valence-electron chi connectivity index (χ2n) is 7.97. The van der Waals surface area contributed by atoms with E-state index in [1.54, 1.807) is 54.6 Å². The molecule has 0 radical (unpaired) electrons. The van der Waals surface area contributed by atoms with Gasteiger partial charge >= 0.3 is 6.18 Å². The van der Waals surface area contributed by atoms with E-state index in [-0.39, 0.29) is 23.1 Å². The molecule has 35 heavy (non-hydrogen) atoms. The first-order chi connectivity index (χ1) is 16.8. The molecule has 1 amide bonds. The molecule has 7 nitrogen and oxygen atoms in total. The minimum Gasteiger partial charge on any atom is -0.344 e. The molecule has 0 saturated heterocycles. The molecule has 0 aliphatic carbocycles. The zero-order valence-corrected chi connectivity index (χ0v) is 18.1. The average Bonchev–Trinajstić information content (AvgIpc) is 3.29. The van der Waals surface area contributed by atoms with Crippen LogP contribution in [0.3, 0.4) is 0 Å². The maximum Gasteiger partial charge on any atom is 0.449 e. The maximum absolute atomic E-state index is 13.1. The molecule has 1 atom stereocenters. The highest BCUT2D eigenvalue weighted by molar-refractivity contribution is 5.80. The molecule has 5 aromatic rings. The Kier molecular flexibility index (Phi) is 5.56. The van der Waals surface area contributed by atoms with E-state index in [2.05, 4.69) is 20.3 Å². The van der Waals surface area contributed by atoms with Crippen LogP contribution in [0.15, 0.2) is 83.9 Å². The van der Waals surface area contributed by atoms with Crippen LogP contribution in [0, 0.1) is 0 Å². The van der Waals surface area contributed by atoms with Crippen LogP contribution in [-0.2, 0) is 17.5 Å². The molecular formula is C25H18F3N5O2. The summed E-state index contributed by atoms with van der Waals surface area (Å²) in [6.07, 6.45) is -3.29. The molecule has 2 N–H and O–H groups in total. The number of imidazole rings is 1. The number of aromatic amines is 1. The highest BCUT2D eigenvalue weighted by Crippen LogP contribution is 2.30. The number of nitrogens with zero attached hydrogens (tertiary/aromatic N) is 3. The van der Waals surface area contributed by atoms with E-state index >= 15 is 0 Å². The summed E-state index contributed by atoms with van der Waals surface area (Å²) in [5.74, 6) is -1.55. The second-order valence-corrected chi connectivity index (χ2v) is 7.97. The molecule has 0 aliphatic heterocycles. The number of fused-ring (bicyclic) bond motifs is 2. The van der Waals surface area contributed by atoms with Gasteiger partial charge in [-0.25, -0.2) is 9.97 Å². The number of carbonyl (C=O) groups is 1. The molecule has 0 aliphatic rings. The van der Waals surface area contributed by atoms with Crippen LogP contribution in [0.25, 0.3) is 21.9 Å². The van der Waals surface area contributed by atoms with Crippen LogP contribution in [0.5, 0.6) is 0 Å². The summed E-state index contributed by atoms with van der Waals surface area (Å²) < 4.78 is 40.4. The van der Waals surface area contributed by atoms with E-state index in [0.717, 1.165) is 5.56 Å². The van der Waals surface area contributed by atoms with Crippen LogP contribution in [0.4, 0.5) is 13.2 Å². The topological polar surface area (TPSA) is 92.7 Å². The summed E-state index contributed by atoms with van der Waals surface area (Å²) in [6, 6.07) is 19.8. The van der Waals surface area contributed by atoms with Crippen molar-refractivity contribution in [3.8, 4) is 0 Å². The largest absolute Gasteiger partial charge is 0.449 e. The Morgan fingerprint density at radius 3 is 2.49 bits per heavy atom. The quantitative estimate of drug-likeness (QED) is 0.397. The Morgan fingerprint density at radius 2 is 1.71 bits per heavy atom. The number of alkyl halides is 3. The molecule has 0 bridgehead atoms. The summed E-state index contributed by atoms with van der Waals surface area (Å²) in [7, 11) is 0. The van der Waals surface area contributed by atoms with Gasteiger partial charge in [0.15, 0.2) is 0 Å². The van der Waals surface area contributed by atoms with E-state index in [1.807, 2.05) is 6.07 Å². The monoisotopic (exact) mass is 477 g/mol. The van der Waals surface area contributed by atoms with Crippen LogP contribution in [-0.4, -0.2) is 25.4 Å². The van der Waals surface area contributed by atoms with Crippen molar-refractivity contribution in [2.75, 3.05) is 0 Å². The predicted molar refractivity (Wildman–Crippen MR) is 124 cm³/mol. The molecule has 0 saturated carbocycles. The molecule has 5 rings (SSSR count). The van der Waals surface area contributed by atoms with E-state index < -0.39 is 23.9 Å². The average molecular weight is 477 g/mol. The zero-order chi connectivity index (χ0) is 24.6. The standard InChI is InChI=1S/C25H18F3N5O2/c26-25(27,28)24-30-19-11-10-16(12-20(19)31-24)22(15-6-2-1-3-7-15)32-21(34)13-33-14-29-18-9-5-4-8-17(18)23(33)35/h1-12,14,22H,13H2,(H,30,31)(H,32,34)/t22-/m1/s1. The van der Waals surface area contributed by atoms with Crippen LogP contribution in [0.1, 0.15) is 23.0 Å². The lowest BCUT2D eigenvalue weighted by Crippen LogP contribution is -2.35. The van der Waals surface area contributed by atoms with Crippen molar-refractivity contribution in [2.45, 2.75) is 18.8 Å². The van der Waals surface area contributed by atoms with E-state index in [1.165, 1.54) is 23.0 Å². The number of aromatic nitrogens is 4. The minimum absolute atomic E-state index is 0.160. The van der Waals surface area contributed by atoms with Gasteiger partial charge in [-0.15, -0.1) is 0 Å². The number of halogens is 3. The molecule has 0 unspecified atom stereocenters. The van der Waals surface area contributed by atoms with Gasteiger partial charge < -0.3 is 10.3 Å². The van der Waals surface area contributed by atoms with Crippen LogP contribution in [0.2, 0.25) is 0 Å². The fourth-order valence-electron chi connectivity index (χ4n) is 3.93. The van der Waals surface area contributed by atoms with Crippen molar-refractivity contribution < 1.29 is 18.0 Å². The third-order valence-electron chi connectivity index (χ3n) is 5.59. The number of amides is 1. The van der Waals surface area contributed by atoms with Gasteiger partial charge in [0.25, 0.3) is 5.56 Å². The number of carbonyl (C=O) groups excluding carboxylic acids is 1. The fourth-order valence-corrected chi connectivity index (χ4v) is 3.93. The number of H-pyrrole nitrogens is 1. The molecule has 2 heterocycles. The highest BCUT2D eigenvalue weighted by atomic mass is 19.4. The predicted octanol–water partition coefficient (Wildman–Crippen LogP) is 4.20. The van der Waals surface area contributed by atoms with Crippen molar-refractivity contribution in [3.63, 3.8) is 0 Å². The molecule has 0 spiro atoms. The van der Waals surface area contributed by atoms with Gasteiger partial charge in [-0.05, 0) is 35.4 Å². The zero-order valence-electron chi connectivity index (χ0n) is 18.1. The highest BCUT2D eigenvalue weighted by Gasteiger charge is 2.34. The SMILES string of the molecule is O=C(Cn1cnc2ccccc2c1=O)N[C@H](c1ccccc1)c1ccc2nc(C(F)(F)F)[nH]c2c1. The minimum atomic E-state index is -4.60. The molecular weight excluding hydrogens is 459 g/mol. The lowest BCUT2D eigenvalue weighted by Gasteiger charge is -2.20. The number of benzene rings is 3. The van der Waals surface area contributed by atoms with Gasteiger partial charge in [0.2, 0.25) is 11.7 Å². The van der Waals surface area contributed by atoms with Crippen molar-refractivity contribution in [1.82, 2.24) is 24.8 Å². The first-order valence-corrected chi connectivity index (χ1v) is 10.6. The first-order valence-electron chi connectivity index (χ1n) is 10.6. The van der Waals surface area contributed by atoms with Gasteiger partial charge in [0.05, 0.1) is 34.3 Å². The second kappa shape index (κ2) is 8.71. The Bertz CT molecular complexity index is 1590. The van der Waals surface area contributed by atoms with Crippen LogP contribution >= 0.6 is 0 Å². The third kappa shape index (κ3) is 4.50. The van der Waals surface area contributed by atoms with Gasteiger partial charge in [-0.2, -0.15) is 13.2 Å². The van der Waals surface area contributed by atoms with Gasteiger partial charge in [0.1, 0.15) is 6.54 Å². The third-order valence-corrected chi connectivity index (χ3v) is 5.59. The molecule has 10 heteroatoms. The molecule has 3 aromatic carbocycles. The van der Waals surface area contributed by atoms with Crippen molar-refractivity contribution in [3.05, 3.63) is 106 Å².